The standard InChI is InChI=1S/C30H28ClF2N3OS/c1-19-24(16-25-26(32)10-6-11-27(25)33)30-36(29(37)28(19)20-7-5-8-21(31)15-20)23(18-38-30)17-35(2)14-12-22-9-3-4-13-34-22/h3-11,13,15,23H,12,14,16-18H2,1-2H3. The third-order valence-electron chi connectivity index (χ3n) is 7.04. The monoisotopic (exact) mass is 551 g/mol. The van der Waals surface area contributed by atoms with E-state index in [4.69, 9.17) is 11.6 Å². The fourth-order valence-electron chi connectivity index (χ4n) is 5.07. The average Bonchev–Trinajstić information content (AvgIpc) is 3.31. The summed E-state index contributed by atoms with van der Waals surface area (Å²) in [4.78, 5) is 20.6. The Morgan fingerprint density at radius 2 is 1.84 bits per heavy atom. The van der Waals surface area contributed by atoms with Gasteiger partial charge < -0.3 is 4.90 Å². The highest BCUT2D eigenvalue weighted by Gasteiger charge is 2.31. The van der Waals surface area contributed by atoms with E-state index in [9.17, 15) is 13.6 Å². The van der Waals surface area contributed by atoms with E-state index in [0.29, 0.717) is 28.4 Å². The van der Waals surface area contributed by atoms with Crippen LogP contribution in [0.3, 0.4) is 0 Å². The second kappa shape index (κ2) is 11.4. The molecule has 1 unspecified atom stereocenters. The minimum Gasteiger partial charge on any atom is -0.304 e. The molecule has 0 amide bonds. The van der Waals surface area contributed by atoms with Crippen molar-refractivity contribution in [2.45, 2.75) is 30.8 Å². The number of rotatable bonds is 8. The van der Waals surface area contributed by atoms with Gasteiger partial charge in [-0.2, -0.15) is 0 Å². The summed E-state index contributed by atoms with van der Waals surface area (Å²) in [5, 5.41) is 1.30. The van der Waals surface area contributed by atoms with Crippen LogP contribution in [0, 0.1) is 18.6 Å². The van der Waals surface area contributed by atoms with Gasteiger partial charge in [0.25, 0.3) is 5.56 Å². The van der Waals surface area contributed by atoms with Crippen LogP contribution in [0.5, 0.6) is 0 Å². The first-order valence-corrected chi connectivity index (χ1v) is 13.9. The number of fused-ring (bicyclic) bond motifs is 1. The van der Waals surface area contributed by atoms with Gasteiger partial charge in [0, 0.05) is 54.2 Å². The van der Waals surface area contributed by atoms with Crippen molar-refractivity contribution >= 4 is 23.4 Å². The number of thioether (sulfide) groups is 1. The molecule has 0 saturated carbocycles. The molecule has 5 rings (SSSR count). The highest BCUT2D eigenvalue weighted by Crippen LogP contribution is 2.40. The Morgan fingerprint density at radius 3 is 2.55 bits per heavy atom. The summed E-state index contributed by atoms with van der Waals surface area (Å²) in [6.45, 7) is 3.32. The van der Waals surface area contributed by atoms with Crippen LogP contribution in [0.15, 0.2) is 76.7 Å². The molecular weight excluding hydrogens is 524 g/mol. The quantitative estimate of drug-likeness (QED) is 0.248. The van der Waals surface area contributed by atoms with Crippen molar-refractivity contribution in [2.24, 2.45) is 0 Å². The highest BCUT2D eigenvalue weighted by molar-refractivity contribution is 7.99. The fourth-order valence-corrected chi connectivity index (χ4v) is 6.64. The Hall–Kier alpha value is -3.00. The van der Waals surface area contributed by atoms with Crippen LogP contribution in [0.4, 0.5) is 8.78 Å². The number of benzene rings is 2. The summed E-state index contributed by atoms with van der Waals surface area (Å²) in [6, 6.07) is 16.9. The molecule has 196 valence electrons. The lowest BCUT2D eigenvalue weighted by molar-refractivity contribution is 0.285. The largest absolute Gasteiger partial charge is 0.304 e. The Labute approximate surface area is 230 Å². The average molecular weight is 552 g/mol. The Bertz CT molecular complexity index is 1510. The van der Waals surface area contributed by atoms with Crippen LogP contribution in [0.2, 0.25) is 5.02 Å². The van der Waals surface area contributed by atoms with E-state index in [1.807, 2.05) is 48.9 Å². The number of pyridine rings is 2. The molecule has 0 N–H and O–H groups in total. The second-order valence-corrected chi connectivity index (χ2v) is 11.1. The molecule has 2 aromatic carbocycles. The molecule has 4 aromatic rings. The van der Waals surface area contributed by atoms with Crippen molar-refractivity contribution in [2.75, 3.05) is 25.9 Å². The summed E-state index contributed by atoms with van der Waals surface area (Å²) < 4.78 is 31.2. The van der Waals surface area contributed by atoms with Crippen molar-refractivity contribution in [1.82, 2.24) is 14.5 Å². The van der Waals surface area contributed by atoms with E-state index >= 15 is 0 Å². The maximum atomic E-state index is 14.7. The van der Waals surface area contributed by atoms with Crippen molar-refractivity contribution in [3.8, 4) is 11.1 Å². The van der Waals surface area contributed by atoms with E-state index in [1.54, 1.807) is 30.1 Å². The van der Waals surface area contributed by atoms with Gasteiger partial charge in [0.1, 0.15) is 11.6 Å². The van der Waals surface area contributed by atoms with Crippen LogP contribution < -0.4 is 5.56 Å². The molecule has 38 heavy (non-hydrogen) atoms. The Kier molecular flexibility index (Phi) is 7.98. The lowest BCUT2D eigenvalue weighted by Gasteiger charge is -2.24. The number of hydrogen-bond acceptors (Lipinski definition) is 4. The maximum Gasteiger partial charge on any atom is 0.259 e. The molecule has 1 aliphatic heterocycles. The van der Waals surface area contributed by atoms with Crippen molar-refractivity contribution < 1.29 is 8.78 Å². The molecular formula is C30H28ClF2N3OS. The summed E-state index contributed by atoms with van der Waals surface area (Å²) in [7, 11) is 2.04. The lowest BCUT2D eigenvalue weighted by atomic mass is 9.94. The summed E-state index contributed by atoms with van der Waals surface area (Å²) in [6.07, 6.45) is 2.65. The third kappa shape index (κ3) is 5.41. The van der Waals surface area contributed by atoms with Gasteiger partial charge >= 0.3 is 0 Å². The number of halogens is 3. The van der Waals surface area contributed by atoms with Crippen LogP contribution >= 0.6 is 23.4 Å². The number of hydrogen-bond donors (Lipinski definition) is 0. The zero-order valence-corrected chi connectivity index (χ0v) is 22.8. The van der Waals surface area contributed by atoms with Crippen molar-refractivity contribution in [3.05, 3.63) is 116 Å². The first kappa shape index (κ1) is 26.6. The number of nitrogens with zero attached hydrogens (tertiary/aromatic N) is 3. The van der Waals surface area contributed by atoms with E-state index in [2.05, 4.69) is 9.88 Å². The fraction of sp³-hybridized carbons (Fsp3) is 0.267. The Morgan fingerprint density at radius 1 is 1.08 bits per heavy atom. The molecule has 0 saturated heterocycles. The lowest BCUT2D eigenvalue weighted by Crippen LogP contribution is -2.35. The molecule has 0 bridgehead atoms. The minimum absolute atomic E-state index is 0.00521. The molecule has 4 nitrogen and oxygen atoms in total. The van der Waals surface area contributed by atoms with Crippen LogP contribution in [0.1, 0.15) is 28.4 Å². The van der Waals surface area contributed by atoms with Crippen molar-refractivity contribution in [1.29, 1.82) is 0 Å². The summed E-state index contributed by atoms with van der Waals surface area (Å²) in [5.41, 5.74) is 3.63. The normalized spacial score (nSPS) is 14.7. The summed E-state index contributed by atoms with van der Waals surface area (Å²) >= 11 is 7.87. The second-order valence-electron chi connectivity index (χ2n) is 9.64. The van der Waals surface area contributed by atoms with Crippen molar-refractivity contribution in [3.63, 3.8) is 0 Å². The number of likely N-dealkylation sites (N-methyl/N-ethyl adjacent to an activating group) is 1. The third-order valence-corrected chi connectivity index (χ3v) is 8.54. The van der Waals surface area contributed by atoms with Gasteiger partial charge in [-0.25, -0.2) is 8.78 Å². The molecule has 3 heterocycles. The predicted molar refractivity (Wildman–Crippen MR) is 150 cm³/mol. The van der Waals surface area contributed by atoms with Crippen LogP contribution in [0.25, 0.3) is 11.1 Å². The van der Waals surface area contributed by atoms with E-state index in [1.165, 1.54) is 18.2 Å². The van der Waals surface area contributed by atoms with Gasteiger partial charge in [-0.1, -0.05) is 35.9 Å². The molecule has 8 heteroatoms. The Balaban J connectivity index is 1.55. The van der Waals surface area contributed by atoms with E-state index < -0.39 is 11.6 Å². The molecule has 0 aliphatic carbocycles. The zero-order chi connectivity index (χ0) is 26.8. The first-order chi connectivity index (χ1) is 18.3. The van der Waals surface area contributed by atoms with Gasteiger partial charge in [-0.3, -0.25) is 14.3 Å². The van der Waals surface area contributed by atoms with Gasteiger partial charge in [0.2, 0.25) is 0 Å². The summed E-state index contributed by atoms with van der Waals surface area (Å²) in [5.74, 6) is -0.478. The molecule has 0 spiro atoms. The zero-order valence-electron chi connectivity index (χ0n) is 21.3. The molecule has 1 atom stereocenters. The van der Waals surface area contributed by atoms with Gasteiger partial charge in [0.05, 0.1) is 16.6 Å². The number of aromatic nitrogens is 2. The van der Waals surface area contributed by atoms with E-state index in [-0.39, 0.29) is 23.6 Å². The van der Waals surface area contributed by atoms with Gasteiger partial charge in [0.15, 0.2) is 0 Å². The van der Waals surface area contributed by atoms with Gasteiger partial charge in [-0.15, -0.1) is 11.8 Å². The van der Waals surface area contributed by atoms with E-state index in [0.717, 1.165) is 34.8 Å². The molecule has 0 radical (unpaired) electrons. The predicted octanol–water partition coefficient (Wildman–Crippen LogP) is 6.56. The molecule has 2 aromatic heterocycles. The highest BCUT2D eigenvalue weighted by atomic mass is 35.5. The first-order valence-electron chi connectivity index (χ1n) is 12.5. The smallest absolute Gasteiger partial charge is 0.259 e. The van der Waals surface area contributed by atoms with Crippen LogP contribution in [-0.2, 0) is 12.8 Å². The minimum atomic E-state index is -0.590. The molecule has 0 fully saturated rings. The SMILES string of the molecule is Cc1c(Cc2c(F)cccc2F)c2n(c(=O)c1-c1cccc(Cl)c1)C(CN(C)CCc1ccccn1)CS2. The maximum absolute atomic E-state index is 14.7. The van der Waals surface area contributed by atoms with Gasteiger partial charge in [-0.05, 0) is 67.1 Å². The molecule has 1 aliphatic rings. The van der Waals surface area contributed by atoms with Crippen LogP contribution in [-0.4, -0.2) is 40.3 Å². The topological polar surface area (TPSA) is 38.1 Å².